The molecule has 4 rings (SSSR count). The third kappa shape index (κ3) is 3.91. The van der Waals surface area contributed by atoms with E-state index in [9.17, 15) is 4.39 Å². The lowest BCUT2D eigenvalue weighted by Crippen LogP contribution is -2.04. The first-order valence-corrected chi connectivity index (χ1v) is 9.62. The number of halogens is 1. The zero-order valence-electron chi connectivity index (χ0n) is 15.9. The van der Waals surface area contributed by atoms with Crippen molar-refractivity contribution in [2.45, 2.75) is 26.3 Å². The van der Waals surface area contributed by atoms with E-state index < -0.39 is 0 Å². The lowest BCUT2D eigenvalue weighted by molar-refractivity contribution is 0.303. The highest BCUT2D eigenvalue weighted by molar-refractivity contribution is 5.80. The van der Waals surface area contributed by atoms with Crippen molar-refractivity contribution in [1.29, 1.82) is 0 Å². The zero-order chi connectivity index (χ0) is 19.3. The molecule has 3 nitrogen and oxygen atoms in total. The van der Waals surface area contributed by atoms with E-state index in [4.69, 9.17) is 9.72 Å². The molecule has 28 heavy (non-hydrogen) atoms. The summed E-state index contributed by atoms with van der Waals surface area (Å²) >= 11 is 0. The van der Waals surface area contributed by atoms with Gasteiger partial charge in [-0.1, -0.05) is 36.4 Å². The largest absolute Gasteiger partial charge is 0.494 e. The van der Waals surface area contributed by atoms with Crippen LogP contribution < -0.4 is 4.74 Å². The fraction of sp³-hybridized carbons (Fsp3) is 0.208. The minimum absolute atomic E-state index is 0.248. The van der Waals surface area contributed by atoms with E-state index in [1.54, 1.807) is 12.1 Å². The standard InChI is InChI=1S/C24H23FN2O/c1-18-9-8-10-19(17-18)28-16-7-6-15-27-23-14-5-4-13-22(23)26-24(27)20-11-2-3-12-21(20)25/h2-5,8-14,17H,6-7,15-16H2,1H3. The Bertz CT molecular complexity index is 1090. The Morgan fingerprint density at radius 3 is 2.61 bits per heavy atom. The molecule has 4 aromatic rings. The van der Waals surface area contributed by atoms with E-state index in [2.05, 4.69) is 17.6 Å². The normalized spacial score (nSPS) is 11.1. The van der Waals surface area contributed by atoms with E-state index >= 15 is 0 Å². The number of benzene rings is 3. The molecule has 0 atom stereocenters. The van der Waals surface area contributed by atoms with Gasteiger partial charge in [0.1, 0.15) is 17.4 Å². The molecule has 0 aliphatic carbocycles. The smallest absolute Gasteiger partial charge is 0.144 e. The highest BCUT2D eigenvalue weighted by atomic mass is 19.1. The summed E-state index contributed by atoms with van der Waals surface area (Å²) in [5.41, 5.74) is 3.64. The number of imidazole rings is 1. The highest BCUT2D eigenvalue weighted by Gasteiger charge is 2.15. The zero-order valence-corrected chi connectivity index (χ0v) is 15.9. The van der Waals surface area contributed by atoms with Gasteiger partial charge in [0.15, 0.2) is 0 Å². The average Bonchev–Trinajstić information content (AvgIpc) is 3.07. The third-order valence-electron chi connectivity index (χ3n) is 4.80. The van der Waals surface area contributed by atoms with Crippen molar-refractivity contribution < 1.29 is 9.13 Å². The molecule has 0 radical (unpaired) electrons. The first-order valence-electron chi connectivity index (χ1n) is 9.62. The molecule has 0 N–H and O–H groups in total. The second-order valence-corrected chi connectivity index (χ2v) is 6.93. The maximum Gasteiger partial charge on any atom is 0.144 e. The minimum Gasteiger partial charge on any atom is -0.494 e. The summed E-state index contributed by atoms with van der Waals surface area (Å²) in [5.74, 6) is 1.33. The summed E-state index contributed by atoms with van der Waals surface area (Å²) in [4.78, 5) is 4.69. The predicted octanol–water partition coefficient (Wildman–Crippen LogP) is 6.01. The SMILES string of the molecule is Cc1cccc(OCCCCn2c(-c3ccccc3F)nc3ccccc32)c1. The maximum absolute atomic E-state index is 14.4. The first-order chi connectivity index (χ1) is 13.7. The maximum atomic E-state index is 14.4. The Hall–Kier alpha value is -3.14. The first kappa shape index (κ1) is 18.2. The molecule has 1 aromatic heterocycles. The van der Waals surface area contributed by atoms with Gasteiger partial charge in [0.25, 0.3) is 0 Å². The van der Waals surface area contributed by atoms with Crippen LogP contribution in [0.2, 0.25) is 0 Å². The Morgan fingerprint density at radius 2 is 1.75 bits per heavy atom. The second-order valence-electron chi connectivity index (χ2n) is 6.93. The van der Waals surface area contributed by atoms with Crippen molar-refractivity contribution in [3.05, 3.63) is 84.2 Å². The van der Waals surface area contributed by atoms with Gasteiger partial charge in [-0.05, 0) is 61.7 Å². The van der Waals surface area contributed by atoms with Crippen molar-refractivity contribution >= 4 is 11.0 Å². The number of hydrogen-bond acceptors (Lipinski definition) is 2. The van der Waals surface area contributed by atoms with Gasteiger partial charge in [0.2, 0.25) is 0 Å². The molecule has 0 spiro atoms. The van der Waals surface area contributed by atoms with Crippen LogP contribution in [-0.4, -0.2) is 16.2 Å². The van der Waals surface area contributed by atoms with Crippen LogP contribution >= 0.6 is 0 Å². The molecular weight excluding hydrogens is 351 g/mol. The summed E-state index contributed by atoms with van der Waals surface area (Å²) in [6.07, 6.45) is 1.84. The second kappa shape index (κ2) is 8.26. The average molecular weight is 374 g/mol. The van der Waals surface area contributed by atoms with Crippen LogP contribution in [0.3, 0.4) is 0 Å². The number of para-hydroxylation sites is 2. The lowest BCUT2D eigenvalue weighted by atomic mass is 10.2. The topological polar surface area (TPSA) is 27.1 Å². The number of nitrogens with zero attached hydrogens (tertiary/aromatic N) is 2. The molecule has 0 aliphatic rings. The van der Waals surface area contributed by atoms with Crippen molar-refractivity contribution in [2.75, 3.05) is 6.61 Å². The number of rotatable bonds is 7. The van der Waals surface area contributed by atoms with Gasteiger partial charge in [0, 0.05) is 6.54 Å². The molecule has 0 amide bonds. The van der Waals surface area contributed by atoms with Gasteiger partial charge in [-0.2, -0.15) is 0 Å². The Morgan fingerprint density at radius 1 is 0.929 bits per heavy atom. The van der Waals surface area contributed by atoms with E-state index in [0.29, 0.717) is 18.0 Å². The molecule has 0 unspecified atom stereocenters. The van der Waals surface area contributed by atoms with Gasteiger partial charge in [0.05, 0.1) is 23.2 Å². The fourth-order valence-electron chi connectivity index (χ4n) is 3.42. The van der Waals surface area contributed by atoms with E-state index in [1.807, 2.05) is 48.5 Å². The van der Waals surface area contributed by atoms with Gasteiger partial charge in [-0.25, -0.2) is 9.37 Å². The summed E-state index contributed by atoms with van der Waals surface area (Å²) in [7, 11) is 0. The molecule has 4 heteroatoms. The van der Waals surface area contributed by atoms with Crippen LogP contribution in [-0.2, 0) is 6.54 Å². The number of unbranched alkanes of at least 4 members (excludes halogenated alkanes) is 1. The Kier molecular flexibility index (Phi) is 5.38. The Labute approximate surface area is 164 Å². The Balaban J connectivity index is 1.48. The van der Waals surface area contributed by atoms with Gasteiger partial charge in [-0.3, -0.25) is 0 Å². The van der Waals surface area contributed by atoms with Crippen LogP contribution in [0.1, 0.15) is 18.4 Å². The number of fused-ring (bicyclic) bond motifs is 1. The molecule has 3 aromatic carbocycles. The molecular formula is C24H23FN2O. The van der Waals surface area contributed by atoms with Gasteiger partial charge < -0.3 is 9.30 Å². The fourth-order valence-corrected chi connectivity index (χ4v) is 3.42. The summed E-state index contributed by atoms with van der Waals surface area (Å²) in [6.45, 7) is 3.48. The third-order valence-corrected chi connectivity index (χ3v) is 4.80. The molecule has 0 saturated carbocycles. The summed E-state index contributed by atoms with van der Waals surface area (Å²) in [5, 5.41) is 0. The lowest BCUT2D eigenvalue weighted by Gasteiger charge is -2.11. The van der Waals surface area contributed by atoms with E-state index in [-0.39, 0.29) is 5.82 Å². The number of hydrogen-bond donors (Lipinski definition) is 0. The predicted molar refractivity (Wildman–Crippen MR) is 111 cm³/mol. The molecule has 0 bridgehead atoms. The van der Waals surface area contributed by atoms with Crippen molar-refractivity contribution in [2.24, 2.45) is 0 Å². The molecule has 0 fully saturated rings. The number of ether oxygens (including phenoxy) is 1. The summed E-state index contributed by atoms with van der Waals surface area (Å²) < 4.78 is 22.3. The van der Waals surface area contributed by atoms with E-state index in [1.165, 1.54) is 11.6 Å². The quantitative estimate of drug-likeness (QED) is 0.370. The van der Waals surface area contributed by atoms with Crippen LogP contribution in [0.5, 0.6) is 5.75 Å². The van der Waals surface area contributed by atoms with Crippen LogP contribution in [0, 0.1) is 12.7 Å². The minimum atomic E-state index is -0.248. The monoisotopic (exact) mass is 374 g/mol. The molecule has 0 aliphatic heterocycles. The van der Waals surface area contributed by atoms with Gasteiger partial charge >= 0.3 is 0 Å². The van der Waals surface area contributed by atoms with Crippen LogP contribution in [0.15, 0.2) is 72.8 Å². The molecule has 142 valence electrons. The number of aromatic nitrogens is 2. The van der Waals surface area contributed by atoms with E-state index in [0.717, 1.165) is 36.2 Å². The van der Waals surface area contributed by atoms with Crippen molar-refractivity contribution in [3.63, 3.8) is 0 Å². The summed E-state index contributed by atoms with van der Waals surface area (Å²) in [6, 6.07) is 22.9. The van der Waals surface area contributed by atoms with Gasteiger partial charge in [-0.15, -0.1) is 0 Å². The molecule has 1 heterocycles. The van der Waals surface area contributed by atoms with Crippen molar-refractivity contribution in [3.8, 4) is 17.1 Å². The number of aryl methyl sites for hydroxylation is 2. The molecule has 0 saturated heterocycles. The highest BCUT2D eigenvalue weighted by Crippen LogP contribution is 2.27. The van der Waals surface area contributed by atoms with Crippen LogP contribution in [0.4, 0.5) is 4.39 Å². The van der Waals surface area contributed by atoms with Crippen molar-refractivity contribution in [1.82, 2.24) is 9.55 Å². The van der Waals surface area contributed by atoms with Crippen LogP contribution in [0.25, 0.3) is 22.4 Å².